The first-order valence-electron chi connectivity index (χ1n) is 7.17. The molecule has 0 atom stereocenters. The molecule has 110 valence electrons. The SMILES string of the molecule is Cc1ccnc(-n2cc(C#Cc3cccc(C#N)c3)nc2C)c1. The first-order valence-corrected chi connectivity index (χ1v) is 7.17. The van der Waals surface area contributed by atoms with E-state index >= 15 is 0 Å². The highest BCUT2D eigenvalue weighted by Gasteiger charge is 2.05. The third kappa shape index (κ3) is 3.28. The summed E-state index contributed by atoms with van der Waals surface area (Å²) in [5, 5.41) is 8.91. The Kier molecular flexibility index (Phi) is 3.91. The number of aryl methyl sites for hydroxylation is 2. The van der Waals surface area contributed by atoms with E-state index in [1.54, 1.807) is 18.3 Å². The number of hydrogen-bond acceptors (Lipinski definition) is 3. The van der Waals surface area contributed by atoms with Gasteiger partial charge in [-0.15, -0.1) is 0 Å². The van der Waals surface area contributed by atoms with E-state index in [9.17, 15) is 0 Å². The molecule has 0 unspecified atom stereocenters. The number of benzene rings is 1. The molecule has 0 N–H and O–H groups in total. The van der Waals surface area contributed by atoms with Gasteiger partial charge in [-0.25, -0.2) is 9.97 Å². The van der Waals surface area contributed by atoms with E-state index in [4.69, 9.17) is 5.26 Å². The van der Waals surface area contributed by atoms with Crippen LogP contribution in [0.4, 0.5) is 0 Å². The molecule has 0 radical (unpaired) electrons. The summed E-state index contributed by atoms with van der Waals surface area (Å²) in [6.45, 7) is 3.95. The third-order valence-electron chi connectivity index (χ3n) is 3.36. The van der Waals surface area contributed by atoms with Crippen LogP contribution in [0.1, 0.15) is 28.2 Å². The molecular weight excluding hydrogens is 284 g/mol. The maximum atomic E-state index is 8.91. The zero-order chi connectivity index (χ0) is 16.2. The van der Waals surface area contributed by atoms with E-state index in [1.807, 2.05) is 48.9 Å². The molecule has 0 bridgehead atoms. The molecule has 2 heterocycles. The molecule has 0 saturated carbocycles. The quantitative estimate of drug-likeness (QED) is 0.648. The second-order valence-corrected chi connectivity index (χ2v) is 5.18. The second-order valence-electron chi connectivity index (χ2n) is 5.18. The van der Waals surface area contributed by atoms with Gasteiger partial charge in [-0.2, -0.15) is 5.26 Å². The van der Waals surface area contributed by atoms with Crippen molar-refractivity contribution in [3.8, 4) is 23.7 Å². The number of aromatic nitrogens is 3. The Morgan fingerprint density at radius 2 is 1.87 bits per heavy atom. The molecule has 3 rings (SSSR count). The highest BCUT2D eigenvalue weighted by atomic mass is 15.1. The Morgan fingerprint density at radius 3 is 2.65 bits per heavy atom. The van der Waals surface area contributed by atoms with E-state index in [0.717, 1.165) is 22.8 Å². The smallest absolute Gasteiger partial charge is 0.138 e. The number of hydrogen-bond donors (Lipinski definition) is 0. The largest absolute Gasteiger partial charge is 0.287 e. The van der Waals surface area contributed by atoms with Crippen molar-refractivity contribution >= 4 is 0 Å². The fourth-order valence-corrected chi connectivity index (χ4v) is 2.22. The predicted octanol–water partition coefficient (Wildman–Crippen LogP) is 3.16. The lowest BCUT2D eigenvalue weighted by Crippen LogP contribution is -1.98. The van der Waals surface area contributed by atoms with Crippen molar-refractivity contribution in [3.05, 3.63) is 77.0 Å². The van der Waals surface area contributed by atoms with Crippen molar-refractivity contribution in [3.63, 3.8) is 0 Å². The molecule has 0 saturated heterocycles. The van der Waals surface area contributed by atoms with Gasteiger partial charge < -0.3 is 0 Å². The fraction of sp³-hybridized carbons (Fsp3) is 0.105. The molecule has 0 amide bonds. The van der Waals surface area contributed by atoms with E-state index in [0.29, 0.717) is 11.3 Å². The van der Waals surface area contributed by atoms with E-state index < -0.39 is 0 Å². The van der Waals surface area contributed by atoms with Crippen molar-refractivity contribution in [2.24, 2.45) is 0 Å². The Morgan fingerprint density at radius 1 is 1.04 bits per heavy atom. The van der Waals surface area contributed by atoms with Crippen LogP contribution in [0.5, 0.6) is 0 Å². The van der Waals surface area contributed by atoms with Crippen LogP contribution >= 0.6 is 0 Å². The highest BCUT2D eigenvalue weighted by Crippen LogP contribution is 2.11. The van der Waals surface area contributed by atoms with Gasteiger partial charge in [-0.05, 0) is 55.7 Å². The summed E-state index contributed by atoms with van der Waals surface area (Å²) >= 11 is 0. The van der Waals surface area contributed by atoms with Gasteiger partial charge in [-0.3, -0.25) is 4.57 Å². The summed E-state index contributed by atoms with van der Waals surface area (Å²) < 4.78 is 1.92. The van der Waals surface area contributed by atoms with Crippen molar-refractivity contribution in [2.75, 3.05) is 0 Å². The summed E-state index contributed by atoms with van der Waals surface area (Å²) in [6.07, 6.45) is 3.65. The van der Waals surface area contributed by atoms with Crippen molar-refractivity contribution in [2.45, 2.75) is 13.8 Å². The third-order valence-corrected chi connectivity index (χ3v) is 3.36. The lowest BCUT2D eigenvalue weighted by atomic mass is 10.1. The lowest BCUT2D eigenvalue weighted by Gasteiger charge is -2.03. The molecule has 23 heavy (non-hydrogen) atoms. The fourth-order valence-electron chi connectivity index (χ4n) is 2.22. The van der Waals surface area contributed by atoms with Gasteiger partial charge in [0.2, 0.25) is 0 Å². The number of imidazole rings is 1. The second kappa shape index (κ2) is 6.17. The van der Waals surface area contributed by atoms with Crippen molar-refractivity contribution in [1.29, 1.82) is 5.26 Å². The molecular formula is C19H14N4. The van der Waals surface area contributed by atoms with Crippen LogP contribution in [0, 0.1) is 37.0 Å². The topological polar surface area (TPSA) is 54.5 Å². The van der Waals surface area contributed by atoms with Gasteiger partial charge in [0.05, 0.1) is 11.6 Å². The average Bonchev–Trinajstić information content (AvgIpc) is 2.94. The normalized spacial score (nSPS) is 9.78. The van der Waals surface area contributed by atoms with Crippen LogP contribution in [0.25, 0.3) is 5.82 Å². The van der Waals surface area contributed by atoms with Gasteiger partial charge in [0.25, 0.3) is 0 Å². The van der Waals surface area contributed by atoms with Gasteiger partial charge in [-0.1, -0.05) is 12.0 Å². The predicted molar refractivity (Wildman–Crippen MR) is 88.0 cm³/mol. The minimum atomic E-state index is 0.600. The highest BCUT2D eigenvalue weighted by molar-refractivity contribution is 5.45. The van der Waals surface area contributed by atoms with Crippen LogP contribution in [-0.2, 0) is 0 Å². The molecule has 3 aromatic rings. The molecule has 4 nitrogen and oxygen atoms in total. The summed E-state index contributed by atoms with van der Waals surface area (Å²) in [7, 11) is 0. The number of pyridine rings is 1. The minimum Gasteiger partial charge on any atom is -0.287 e. The average molecular weight is 298 g/mol. The molecule has 1 aromatic carbocycles. The van der Waals surface area contributed by atoms with Gasteiger partial charge in [0, 0.05) is 18.0 Å². The standard InChI is InChI=1S/C19H14N4/c1-14-8-9-21-19(10-14)23-13-18(22-15(23)2)7-6-16-4-3-5-17(11-16)12-20/h3-5,8-11,13H,1-2H3. The molecule has 0 aliphatic carbocycles. The summed E-state index contributed by atoms with van der Waals surface area (Å²) in [4.78, 5) is 8.82. The zero-order valence-corrected chi connectivity index (χ0v) is 12.9. The number of nitrogens with zero attached hydrogens (tertiary/aromatic N) is 4. The van der Waals surface area contributed by atoms with Crippen molar-refractivity contribution in [1.82, 2.24) is 14.5 Å². The first kappa shape index (κ1) is 14.6. The zero-order valence-electron chi connectivity index (χ0n) is 12.9. The number of nitriles is 1. The van der Waals surface area contributed by atoms with Gasteiger partial charge >= 0.3 is 0 Å². The number of rotatable bonds is 1. The minimum absolute atomic E-state index is 0.600. The molecule has 0 fully saturated rings. The van der Waals surface area contributed by atoms with Crippen LogP contribution in [-0.4, -0.2) is 14.5 Å². The Balaban J connectivity index is 1.93. The summed E-state index contributed by atoms with van der Waals surface area (Å²) in [5.74, 6) is 7.74. The van der Waals surface area contributed by atoms with Gasteiger partial charge in [0.1, 0.15) is 17.3 Å². The Labute approximate surface area is 135 Å². The van der Waals surface area contributed by atoms with Crippen molar-refractivity contribution < 1.29 is 0 Å². The first-order chi connectivity index (χ1) is 11.2. The van der Waals surface area contributed by atoms with Crippen LogP contribution in [0.3, 0.4) is 0 Å². The maximum absolute atomic E-state index is 8.91. The molecule has 0 spiro atoms. The Hall–Kier alpha value is -3.37. The molecule has 0 aliphatic heterocycles. The molecule has 2 aromatic heterocycles. The summed E-state index contributed by atoms with van der Waals surface area (Å²) in [5.41, 5.74) is 3.21. The maximum Gasteiger partial charge on any atom is 0.138 e. The van der Waals surface area contributed by atoms with E-state index in [1.165, 1.54) is 0 Å². The monoisotopic (exact) mass is 298 g/mol. The lowest BCUT2D eigenvalue weighted by molar-refractivity contribution is 0.930. The van der Waals surface area contributed by atoms with E-state index in [2.05, 4.69) is 27.9 Å². The molecule has 4 heteroatoms. The van der Waals surface area contributed by atoms with E-state index in [-0.39, 0.29) is 0 Å². The van der Waals surface area contributed by atoms with Crippen LogP contribution < -0.4 is 0 Å². The summed E-state index contributed by atoms with van der Waals surface area (Å²) in [6, 6.07) is 13.3. The van der Waals surface area contributed by atoms with Crippen LogP contribution in [0.2, 0.25) is 0 Å². The Bertz CT molecular complexity index is 965. The molecule has 0 aliphatic rings. The van der Waals surface area contributed by atoms with Crippen LogP contribution in [0.15, 0.2) is 48.8 Å². The van der Waals surface area contributed by atoms with Gasteiger partial charge in [0.15, 0.2) is 0 Å².